The quantitative estimate of drug-likeness (QED) is 0.693. The van der Waals surface area contributed by atoms with Crippen LogP contribution in [0.2, 0.25) is 0 Å². The minimum absolute atomic E-state index is 0.0161. The van der Waals surface area contributed by atoms with E-state index < -0.39 is 0 Å². The lowest BCUT2D eigenvalue weighted by Crippen LogP contribution is -2.42. The van der Waals surface area contributed by atoms with E-state index in [9.17, 15) is 14.0 Å². The topological polar surface area (TPSA) is 59.1 Å². The summed E-state index contributed by atoms with van der Waals surface area (Å²) in [7, 11) is 0. The van der Waals surface area contributed by atoms with Crippen LogP contribution in [0.5, 0.6) is 5.75 Å². The highest BCUT2D eigenvalue weighted by atomic mass is 19.1. The van der Waals surface area contributed by atoms with Gasteiger partial charge in [-0.05, 0) is 54.8 Å². The summed E-state index contributed by atoms with van der Waals surface area (Å²) in [5.41, 5.74) is 1.47. The Morgan fingerprint density at radius 3 is 2.41 bits per heavy atom. The zero-order valence-corrected chi connectivity index (χ0v) is 18.2. The Morgan fingerprint density at radius 2 is 1.69 bits per heavy atom. The number of benzene rings is 2. The van der Waals surface area contributed by atoms with Gasteiger partial charge < -0.3 is 19.3 Å². The van der Waals surface area contributed by atoms with Crippen LogP contribution in [0.25, 0.3) is 0 Å². The highest BCUT2D eigenvalue weighted by Crippen LogP contribution is 2.21. The first-order valence-corrected chi connectivity index (χ1v) is 11.2. The van der Waals surface area contributed by atoms with E-state index in [0.717, 1.165) is 30.7 Å². The second-order valence-electron chi connectivity index (χ2n) is 8.39. The molecule has 2 amide bonds. The number of morpholine rings is 1. The van der Waals surface area contributed by atoms with Gasteiger partial charge in [-0.25, -0.2) is 4.39 Å². The van der Waals surface area contributed by atoms with Crippen molar-refractivity contribution in [3.63, 3.8) is 0 Å². The molecule has 2 aromatic rings. The molecule has 170 valence electrons. The fraction of sp³-hybridized carbons (Fsp3) is 0.440. The van der Waals surface area contributed by atoms with Crippen molar-refractivity contribution in [1.82, 2.24) is 9.80 Å². The average Bonchev–Trinajstić information content (AvgIpc) is 2.85. The van der Waals surface area contributed by atoms with Gasteiger partial charge in [0, 0.05) is 37.7 Å². The fourth-order valence-corrected chi connectivity index (χ4v) is 4.17. The first-order valence-electron chi connectivity index (χ1n) is 11.2. The van der Waals surface area contributed by atoms with Crippen LogP contribution in [0.3, 0.4) is 0 Å². The van der Waals surface area contributed by atoms with Crippen molar-refractivity contribution in [2.45, 2.75) is 19.3 Å². The number of halogens is 1. The Balaban J connectivity index is 1.25. The Kier molecular flexibility index (Phi) is 7.37. The van der Waals surface area contributed by atoms with Crippen LogP contribution in [0.15, 0.2) is 48.5 Å². The third-order valence-electron chi connectivity index (χ3n) is 6.03. The smallest absolute Gasteiger partial charge is 0.254 e. The molecule has 2 aromatic carbocycles. The zero-order valence-electron chi connectivity index (χ0n) is 18.2. The highest BCUT2D eigenvalue weighted by Gasteiger charge is 2.24. The first-order chi connectivity index (χ1) is 15.6. The number of likely N-dealkylation sites (tertiary alicyclic amines) is 1. The van der Waals surface area contributed by atoms with Crippen LogP contribution in [-0.4, -0.2) is 67.6 Å². The maximum absolute atomic E-state index is 13.1. The minimum atomic E-state index is -0.296. The molecule has 32 heavy (non-hydrogen) atoms. The number of carbonyl (C=O) groups excluding carboxylic acids is 2. The molecule has 0 bridgehead atoms. The van der Waals surface area contributed by atoms with Crippen LogP contribution in [-0.2, 0) is 16.0 Å². The second-order valence-corrected chi connectivity index (χ2v) is 8.39. The number of amides is 2. The summed E-state index contributed by atoms with van der Waals surface area (Å²) in [6.07, 6.45) is 2.23. The number of rotatable bonds is 6. The van der Waals surface area contributed by atoms with Gasteiger partial charge in [0.05, 0.1) is 26.2 Å². The molecule has 6 nitrogen and oxygen atoms in total. The van der Waals surface area contributed by atoms with Gasteiger partial charge in [0.25, 0.3) is 5.91 Å². The van der Waals surface area contributed by atoms with Gasteiger partial charge in [-0.1, -0.05) is 12.1 Å². The van der Waals surface area contributed by atoms with Crippen molar-refractivity contribution in [2.24, 2.45) is 5.92 Å². The second kappa shape index (κ2) is 10.6. The molecular weight excluding hydrogens is 411 g/mol. The van der Waals surface area contributed by atoms with Crippen molar-refractivity contribution in [3.8, 4) is 5.75 Å². The standard InChI is InChI=1S/C25H29FN2O4/c26-22-7-3-19(4-8-22)16-24(29)28-11-1-2-20(17-28)18-32-23-9-5-21(6-10-23)25(30)27-12-14-31-15-13-27/h3-10,20H,1-2,11-18H2/t20-/m1/s1. The van der Waals surface area contributed by atoms with E-state index in [2.05, 4.69) is 0 Å². The number of hydrogen-bond donors (Lipinski definition) is 0. The summed E-state index contributed by atoms with van der Waals surface area (Å²) in [4.78, 5) is 28.9. The number of nitrogens with zero attached hydrogens (tertiary/aromatic N) is 2. The molecule has 0 N–H and O–H groups in total. The third-order valence-corrected chi connectivity index (χ3v) is 6.03. The molecule has 0 aromatic heterocycles. The molecule has 0 spiro atoms. The van der Waals surface area contributed by atoms with Gasteiger partial charge >= 0.3 is 0 Å². The minimum Gasteiger partial charge on any atom is -0.493 e. The summed E-state index contributed by atoms with van der Waals surface area (Å²) in [6.45, 7) is 4.33. The van der Waals surface area contributed by atoms with Gasteiger partial charge in [-0.15, -0.1) is 0 Å². The van der Waals surface area contributed by atoms with Crippen LogP contribution in [0.4, 0.5) is 4.39 Å². The van der Waals surface area contributed by atoms with E-state index >= 15 is 0 Å². The van der Waals surface area contributed by atoms with Gasteiger partial charge in [-0.2, -0.15) is 0 Å². The lowest BCUT2D eigenvalue weighted by atomic mass is 9.98. The van der Waals surface area contributed by atoms with Gasteiger partial charge in [-0.3, -0.25) is 9.59 Å². The molecule has 0 unspecified atom stereocenters. The molecule has 2 aliphatic rings. The van der Waals surface area contributed by atoms with Gasteiger partial charge in [0.1, 0.15) is 11.6 Å². The summed E-state index contributed by atoms with van der Waals surface area (Å²) in [5, 5.41) is 0. The maximum Gasteiger partial charge on any atom is 0.254 e. The lowest BCUT2D eigenvalue weighted by Gasteiger charge is -2.32. The van der Waals surface area contributed by atoms with E-state index in [1.54, 1.807) is 29.2 Å². The molecule has 2 fully saturated rings. The van der Waals surface area contributed by atoms with Crippen molar-refractivity contribution in [3.05, 3.63) is 65.5 Å². The van der Waals surface area contributed by atoms with Gasteiger partial charge in [0.15, 0.2) is 0 Å². The van der Waals surface area contributed by atoms with E-state index in [1.165, 1.54) is 12.1 Å². The van der Waals surface area contributed by atoms with Crippen molar-refractivity contribution >= 4 is 11.8 Å². The first kappa shape index (κ1) is 22.3. The molecule has 1 atom stereocenters. The van der Waals surface area contributed by atoms with Crippen molar-refractivity contribution in [1.29, 1.82) is 0 Å². The Bertz CT molecular complexity index is 911. The van der Waals surface area contributed by atoms with Gasteiger partial charge in [0.2, 0.25) is 5.91 Å². The largest absolute Gasteiger partial charge is 0.493 e. The summed E-state index contributed by atoms with van der Waals surface area (Å²) < 4.78 is 24.3. The number of carbonyl (C=O) groups is 2. The number of ether oxygens (including phenoxy) is 2. The molecule has 7 heteroatoms. The molecule has 2 aliphatic heterocycles. The predicted molar refractivity (Wildman–Crippen MR) is 118 cm³/mol. The molecular formula is C25H29FN2O4. The van der Waals surface area contributed by atoms with Crippen LogP contribution < -0.4 is 4.74 Å². The molecule has 2 saturated heterocycles. The zero-order chi connectivity index (χ0) is 22.3. The average molecular weight is 441 g/mol. The molecule has 0 radical (unpaired) electrons. The monoisotopic (exact) mass is 440 g/mol. The summed E-state index contributed by atoms with van der Waals surface area (Å²) in [5.74, 6) is 0.762. The van der Waals surface area contributed by atoms with Crippen LogP contribution in [0, 0.1) is 11.7 Å². The van der Waals surface area contributed by atoms with E-state index in [4.69, 9.17) is 9.47 Å². The predicted octanol–water partition coefficient (Wildman–Crippen LogP) is 3.16. The highest BCUT2D eigenvalue weighted by molar-refractivity contribution is 5.94. The fourth-order valence-electron chi connectivity index (χ4n) is 4.17. The maximum atomic E-state index is 13.1. The summed E-state index contributed by atoms with van der Waals surface area (Å²) >= 11 is 0. The van der Waals surface area contributed by atoms with E-state index in [0.29, 0.717) is 45.0 Å². The van der Waals surface area contributed by atoms with Crippen LogP contribution in [0.1, 0.15) is 28.8 Å². The third kappa shape index (κ3) is 5.85. The van der Waals surface area contributed by atoms with Crippen LogP contribution >= 0.6 is 0 Å². The SMILES string of the molecule is O=C(Cc1ccc(F)cc1)N1CCC[C@@H](COc2ccc(C(=O)N3CCOCC3)cc2)C1. The molecule has 0 saturated carbocycles. The number of hydrogen-bond acceptors (Lipinski definition) is 4. The lowest BCUT2D eigenvalue weighted by molar-refractivity contribution is -0.132. The normalized spacial score (nSPS) is 19.0. The summed E-state index contributed by atoms with van der Waals surface area (Å²) in [6, 6.07) is 13.3. The van der Waals surface area contributed by atoms with Crippen molar-refractivity contribution < 1.29 is 23.5 Å². The Morgan fingerprint density at radius 1 is 0.969 bits per heavy atom. The molecule has 0 aliphatic carbocycles. The van der Waals surface area contributed by atoms with Crippen molar-refractivity contribution in [2.75, 3.05) is 46.0 Å². The Hall–Kier alpha value is -2.93. The Labute approximate surface area is 187 Å². The number of piperidine rings is 1. The molecule has 4 rings (SSSR count). The van der Waals surface area contributed by atoms with E-state index in [1.807, 2.05) is 17.0 Å². The molecule has 2 heterocycles. The van der Waals surface area contributed by atoms with E-state index in [-0.39, 0.29) is 30.0 Å².